The number of likely N-dealkylation sites (N-methyl/N-ethyl adjacent to an activating group) is 1. The van der Waals surface area contributed by atoms with E-state index in [4.69, 9.17) is 5.73 Å². The molecular weight excluding hydrogens is 240 g/mol. The third-order valence-corrected chi connectivity index (χ3v) is 2.81. The lowest BCUT2D eigenvalue weighted by Gasteiger charge is -2.29. The van der Waals surface area contributed by atoms with E-state index in [1.807, 2.05) is 18.9 Å². The summed E-state index contributed by atoms with van der Waals surface area (Å²) >= 11 is 0. The molecule has 0 aliphatic rings. The van der Waals surface area contributed by atoms with Crippen LogP contribution >= 0.6 is 0 Å². The van der Waals surface area contributed by atoms with Gasteiger partial charge in [-0.2, -0.15) is 0 Å². The maximum atomic E-state index is 9.92. The molecule has 5 heteroatoms. The predicted octanol–water partition coefficient (Wildman–Crippen LogP) is 1.87. The SMILES string of the molecule is Cc1c(N)nc(C(C)(C)C)nc1N(C)CC(C)(C)O. The van der Waals surface area contributed by atoms with Crippen molar-refractivity contribution in [3.63, 3.8) is 0 Å². The fourth-order valence-corrected chi connectivity index (χ4v) is 1.88. The molecule has 3 N–H and O–H groups in total. The van der Waals surface area contributed by atoms with Crippen molar-refractivity contribution in [2.45, 2.75) is 52.6 Å². The summed E-state index contributed by atoms with van der Waals surface area (Å²) in [5.41, 5.74) is 5.88. The zero-order valence-electron chi connectivity index (χ0n) is 13.1. The third-order valence-electron chi connectivity index (χ3n) is 2.81. The molecule has 0 bridgehead atoms. The van der Waals surface area contributed by atoms with Crippen LogP contribution in [-0.2, 0) is 5.41 Å². The van der Waals surface area contributed by atoms with Crippen LogP contribution in [0.5, 0.6) is 0 Å². The molecule has 0 aliphatic carbocycles. The second kappa shape index (κ2) is 4.96. The first kappa shape index (κ1) is 15.7. The van der Waals surface area contributed by atoms with Crippen molar-refractivity contribution in [1.82, 2.24) is 9.97 Å². The van der Waals surface area contributed by atoms with Gasteiger partial charge in [0.1, 0.15) is 17.5 Å². The molecule has 0 atom stereocenters. The largest absolute Gasteiger partial charge is 0.389 e. The lowest BCUT2D eigenvalue weighted by Crippen LogP contribution is -2.37. The van der Waals surface area contributed by atoms with E-state index in [2.05, 4.69) is 30.7 Å². The number of nitrogens with two attached hydrogens (primary N) is 1. The molecule has 0 spiro atoms. The molecule has 0 saturated heterocycles. The molecule has 0 saturated carbocycles. The Hall–Kier alpha value is -1.36. The minimum absolute atomic E-state index is 0.161. The van der Waals surface area contributed by atoms with Gasteiger partial charge in [0, 0.05) is 24.6 Å². The van der Waals surface area contributed by atoms with Gasteiger partial charge in [-0.15, -0.1) is 0 Å². The van der Waals surface area contributed by atoms with E-state index in [-0.39, 0.29) is 5.41 Å². The first-order valence-electron chi connectivity index (χ1n) is 6.50. The van der Waals surface area contributed by atoms with Gasteiger partial charge < -0.3 is 15.7 Å². The average molecular weight is 266 g/mol. The van der Waals surface area contributed by atoms with Gasteiger partial charge in [0.05, 0.1) is 5.60 Å². The number of hydrogen-bond donors (Lipinski definition) is 2. The molecule has 19 heavy (non-hydrogen) atoms. The second-order valence-corrected chi connectivity index (χ2v) is 6.80. The van der Waals surface area contributed by atoms with Gasteiger partial charge in [0.2, 0.25) is 0 Å². The molecule has 0 aliphatic heterocycles. The van der Waals surface area contributed by atoms with Crippen LogP contribution in [0, 0.1) is 6.92 Å². The fourth-order valence-electron chi connectivity index (χ4n) is 1.88. The highest BCUT2D eigenvalue weighted by molar-refractivity contribution is 5.56. The number of rotatable bonds is 3. The molecule has 1 heterocycles. The van der Waals surface area contributed by atoms with Crippen molar-refractivity contribution < 1.29 is 5.11 Å². The molecule has 1 aromatic rings. The van der Waals surface area contributed by atoms with Crippen LogP contribution in [0.25, 0.3) is 0 Å². The summed E-state index contributed by atoms with van der Waals surface area (Å²) in [6.45, 7) is 12.1. The van der Waals surface area contributed by atoms with Crippen molar-refractivity contribution in [3.8, 4) is 0 Å². The standard InChI is InChI=1S/C14H26N4O/c1-9-10(15)16-12(13(2,3)4)17-11(9)18(7)8-14(5,6)19/h19H,8H2,1-7H3,(H2,15,16,17). The summed E-state index contributed by atoms with van der Waals surface area (Å²) in [7, 11) is 1.90. The Kier molecular flexibility index (Phi) is 4.10. The van der Waals surface area contributed by atoms with Gasteiger partial charge in [-0.1, -0.05) is 20.8 Å². The Balaban J connectivity index is 3.23. The number of aromatic nitrogens is 2. The van der Waals surface area contributed by atoms with Crippen LogP contribution in [0.1, 0.15) is 46.0 Å². The van der Waals surface area contributed by atoms with E-state index in [0.29, 0.717) is 18.2 Å². The van der Waals surface area contributed by atoms with Gasteiger partial charge in [0.25, 0.3) is 0 Å². The van der Waals surface area contributed by atoms with Gasteiger partial charge in [0.15, 0.2) is 0 Å². The lowest BCUT2D eigenvalue weighted by atomic mass is 9.95. The summed E-state index contributed by atoms with van der Waals surface area (Å²) in [6, 6.07) is 0. The molecule has 1 rings (SSSR count). The summed E-state index contributed by atoms with van der Waals surface area (Å²) in [5.74, 6) is 1.99. The number of nitrogens with zero attached hydrogens (tertiary/aromatic N) is 3. The zero-order chi connectivity index (χ0) is 15.0. The summed E-state index contributed by atoms with van der Waals surface area (Å²) in [6.07, 6.45) is 0. The van der Waals surface area contributed by atoms with E-state index in [0.717, 1.165) is 11.4 Å². The molecular formula is C14H26N4O. The summed E-state index contributed by atoms with van der Waals surface area (Å²) < 4.78 is 0. The third kappa shape index (κ3) is 4.06. The minimum atomic E-state index is -0.789. The molecule has 5 nitrogen and oxygen atoms in total. The average Bonchev–Trinajstić information content (AvgIpc) is 2.17. The van der Waals surface area contributed by atoms with Crippen LogP contribution < -0.4 is 10.6 Å². The van der Waals surface area contributed by atoms with Crippen molar-refractivity contribution in [2.24, 2.45) is 0 Å². The van der Waals surface area contributed by atoms with Crippen LogP contribution in [0.2, 0.25) is 0 Å². The number of aliphatic hydroxyl groups is 1. The van der Waals surface area contributed by atoms with E-state index >= 15 is 0 Å². The fraction of sp³-hybridized carbons (Fsp3) is 0.714. The number of hydrogen-bond acceptors (Lipinski definition) is 5. The van der Waals surface area contributed by atoms with Crippen LogP contribution in [0.4, 0.5) is 11.6 Å². The molecule has 0 fully saturated rings. The first-order chi connectivity index (χ1) is 8.42. The van der Waals surface area contributed by atoms with Crippen LogP contribution in [0.3, 0.4) is 0 Å². The van der Waals surface area contributed by atoms with Crippen LogP contribution in [-0.4, -0.2) is 34.3 Å². The van der Waals surface area contributed by atoms with E-state index in [9.17, 15) is 5.11 Å². The summed E-state index contributed by atoms with van der Waals surface area (Å²) in [4.78, 5) is 10.9. The number of nitrogen functional groups attached to an aromatic ring is 1. The molecule has 0 radical (unpaired) electrons. The highest BCUT2D eigenvalue weighted by Crippen LogP contribution is 2.27. The van der Waals surface area contributed by atoms with Gasteiger partial charge in [-0.3, -0.25) is 0 Å². The Morgan fingerprint density at radius 3 is 2.11 bits per heavy atom. The molecule has 0 unspecified atom stereocenters. The highest BCUT2D eigenvalue weighted by Gasteiger charge is 2.23. The lowest BCUT2D eigenvalue weighted by molar-refractivity contribution is 0.0884. The smallest absolute Gasteiger partial charge is 0.138 e. The Bertz CT molecular complexity index is 458. The first-order valence-corrected chi connectivity index (χ1v) is 6.50. The van der Waals surface area contributed by atoms with Crippen molar-refractivity contribution >= 4 is 11.6 Å². The second-order valence-electron chi connectivity index (χ2n) is 6.80. The number of anilines is 2. The minimum Gasteiger partial charge on any atom is -0.389 e. The monoisotopic (exact) mass is 266 g/mol. The van der Waals surface area contributed by atoms with Crippen molar-refractivity contribution in [2.75, 3.05) is 24.2 Å². The molecule has 0 aromatic carbocycles. The van der Waals surface area contributed by atoms with E-state index < -0.39 is 5.60 Å². The Morgan fingerprint density at radius 2 is 1.68 bits per heavy atom. The van der Waals surface area contributed by atoms with Gasteiger partial charge in [-0.25, -0.2) is 9.97 Å². The quantitative estimate of drug-likeness (QED) is 0.873. The molecule has 0 amide bonds. The molecule has 1 aromatic heterocycles. The normalized spacial score (nSPS) is 12.6. The van der Waals surface area contributed by atoms with Gasteiger partial charge >= 0.3 is 0 Å². The predicted molar refractivity (Wildman–Crippen MR) is 79.4 cm³/mol. The van der Waals surface area contributed by atoms with E-state index in [1.165, 1.54) is 0 Å². The van der Waals surface area contributed by atoms with Crippen LogP contribution in [0.15, 0.2) is 0 Å². The van der Waals surface area contributed by atoms with Crippen molar-refractivity contribution in [3.05, 3.63) is 11.4 Å². The molecule has 108 valence electrons. The van der Waals surface area contributed by atoms with Gasteiger partial charge in [-0.05, 0) is 20.8 Å². The summed E-state index contributed by atoms with van der Waals surface area (Å²) in [5, 5.41) is 9.92. The topological polar surface area (TPSA) is 75.3 Å². The maximum absolute atomic E-state index is 9.92. The zero-order valence-corrected chi connectivity index (χ0v) is 13.1. The Morgan fingerprint density at radius 1 is 1.16 bits per heavy atom. The van der Waals surface area contributed by atoms with E-state index in [1.54, 1.807) is 13.8 Å². The van der Waals surface area contributed by atoms with Crippen molar-refractivity contribution in [1.29, 1.82) is 0 Å². The highest BCUT2D eigenvalue weighted by atomic mass is 16.3. The Labute approximate surface area is 115 Å². The maximum Gasteiger partial charge on any atom is 0.138 e.